The van der Waals surface area contributed by atoms with Crippen molar-refractivity contribution in [2.75, 3.05) is 13.2 Å². The van der Waals surface area contributed by atoms with Crippen molar-refractivity contribution in [3.05, 3.63) is 57.8 Å². The first kappa shape index (κ1) is 13.8. The highest BCUT2D eigenvalue weighted by atomic mass is 79.9. The largest absolute Gasteiger partial charge is 0.486 e. The monoisotopic (exact) mass is 357 g/mol. The topological polar surface area (TPSA) is 31.4 Å². The van der Waals surface area contributed by atoms with E-state index >= 15 is 0 Å². The Hall–Kier alpha value is -1.81. The minimum absolute atomic E-state index is 0.624. The van der Waals surface area contributed by atoms with Crippen molar-refractivity contribution in [3.8, 4) is 11.5 Å². The quantitative estimate of drug-likeness (QED) is 0.807. The Balaban J connectivity index is 1.64. The number of pyridine rings is 1. The Labute approximate surface area is 138 Å². The van der Waals surface area contributed by atoms with E-state index in [0.29, 0.717) is 13.2 Å². The van der Waals surface area contributed by atoms with Gasteiger partial charge in [0.25, 0.3) is 0 Å². The van der Waals surface area contributed by atoms with Crippen molar-refractivity contribution in [1.29, 1.82) is 0 Å². The Bertz CT molecular complexity index is 755. The van der Waals surface area contributed by atoms with Crippen LogP contribution in [0.15, 0.2) is 41.0 Å². The van der Waals surface area contributed by atoms with E-state index in [0.717, 1.165) is 35.2 Å². The summed E-state index contributed by atoms with van der Waals surface area (Å²) in [5.41, 5.74) is 5.03. The third kappa shape index (κ3) is 2.63. The van der Waals surface area contributed by atoms with Crippen LogP contribution >= 0.6 is 15.9 Å². The smallest absolute Gasteiger partial charge is 0.161 e. The van der Waals surface area contributed by atoms with Crippen molar-refractivity contribution in [3.63, 3.8) is 0 Å². The Morgan fingerprint density at radius 1 is 1.09 bits per heavy atom. The van der Waals surface area contributed by atoms with Crippen molar-refractivity contribution in [2.24, 2.45) is 0 Å². The van der Waals surface area contributed by atoms with Gasteiger partial charge in [0.2, 0.25) is 0 Å². The van der Waals surface area contributed by atoms with Crippen LogP contribution < -0.4 is 9.47 Å². The number of aromatic nitrogens is 1. The van der Waals surface area contributed by atoms with E-state index in [1.54, 1.807) is 0 Å². The lowest BCUT2D eigenvalue weighted by molar-refractivity contribution is 0.171. The van der Waals surface area contributed by atoms with Crippen molar-refractivity contribution in [1.82, 2.24) is 4.98 Å². The molecule has 4 rings (SSSR count). The van der Waals surface area contributed by atoms with Crippen LogP contribution in [-0.2, 0) is 12.8 Å². The molecule has 0 radical (unpaired) electrons. The van der Waals surface area contributed by atoms with Crippen LogP contribution in [0, 0.1) is 0 Å². The molecule has 0 bridgehead atoms. The molecule has 0 N–H and O–H groups in total. The molecule has 0 amide bonds. The van der Waals surface area contributed by atoms with Gasteiger partial charge in [-0.2, -0.15) is 0 Å². The summed E-state index contributed by atoms with van der Waals surface area (Å²) < 4.78 is 12.3. The first-order valence-corrected chi connectivity index (χ1v) is 8.31. The van der Waals surface area contributed by atoms with Gasteiger partial charge in [-0.1, -0.05) is 12.1 Å². The molecule has 22 heavy (non-hydrogen) atoms. The first-order valence-electron chi connectivity index (χ1n) is 7.52. The fourth-order valence-corrected chi connectivity index (χ4v) is 3.35. The average molecular weight is 358 g/mol. The van der Waals surface area contributed by atoms with Gasteiger partial charge >= 0.3 is 0 Å². The summed E-state index contributed by atoms with van der Waals surface area (Å²) in [6, 6.07) is 8.39. The number of aryl methyl sites for hydroxylation is 1. The predicted octanol–water partition coefficient (Wildman–Crippen LogP) is 4.19. The van der Waals surface area contributed by atoms with E-state index in [1.165, 1.54) is 22.4 Å². The van der Waals surface area contributed by atoms with Gasteiger partial charge in [0.05, 0.1) is 0 Å². The molecule has 3 nitrogen and oxygen atoms in total. The number of nitrogens with zero attached hydrogens (tertiary/aromatic N) is 1. The molecule has 1 aromatic heterocycles. The van der Waals surface area contributed by atoms with E-state index in [4.69, 9.17) is 9.47 Å². The molecule has 1 aliphatic carbocycles. The maximum atomic E-state index is 5.68. The highest BCUT2D eigenvalue weighted by Crippen LogP contribution is 2.34. The molecule has 0 spiro atoms. The van der Waals surface area contributed by atoms with E-state index in [9.17, 15) is 0 Å². The van der Waals surface area contributed by atoms with Crippen LogP contribution in [0.2, 0.25) is 0 Å². The first-order chi connectivity index (χ1) is 10.8. The predicted molar refractivity (Wildman–Crippen MR) is 89.4 cm³/mol. The average Bonchev–Trinajstić information content (AvgIpc) is 2.55. The summed E-state index contributed by atoms with van der Waals surface area (Å²) >= 11 is 3.53. The van der Waals surface area contributed by atoms with Gasteiger partial charge < -0.3 is 9.47 Å². The lowest BCUT2D eigenvalue weighted by Gasteiger charge is -2.20. The number of rotatable bonds is 2. The van der Waals surface area contributed by atoms with Gasteiger partial charge in [0.15, 0.2) is 11.5 Å². The second-order valence-electron chi connectivity index (χ2n) is 5.57. The maximum absolute atomic E-state index is 5.68. The molecule has 2 heterocycles. The van der Waals surface area contributed by atoms with Gasteiger partial charge in [-0.3, -0.25) is 4.98 Å². The number of hydrogen-bond acceptors (Lipinski definition) is 3. The molecule has 0 saturated heterocycles. The van der Waals surface area contributed by atoms with E-state index in [2.05, 4.69) is 45.2 Å². The summed E-state index contributed by atoms with van der Waals surface area (Å²) in [6.45, 7) is 1.25. The molecular formula is C18H16BrNO2. The zero-order valence-corrected chi connectivity index (χ0v) is 13.7. The van der Waals surface area contributed by atoms with Crippen LogP contribution in [0.3, 0.4) is 0 Å². The van der Waals surface area contributed by atoms with E-state index < -0.39 is 0 Å². The molecule has 1 aliphatic heterocycles. The number of hydrogen-bond donors (Lipinski definition) is 0. The van der Waals surface area contributed by atoms with Crippen LogP contribution in [0.4, 0.5) is 0 Å². The second-order valence-corrected chi connectivity index (χ2v) is 6.49. The number of allylic oxidation sites excluding steroid dienone is 2. The summed E-state index contributed by atoms with van der Waals surface area (Å²) in [7, 11) is 0. The van der Waals surface area contributed by atoms with Crippen LogP contribution in [0.1, 0.15) is 23.2 Å². The van der Waals surface area contributed by atoms with Gasteiger partial charge in [0, 0.05) is 21.9 Å². The highest BCUT2D eigenvalue weighted by molar-refractivity contribution is 9.10. The molecule has 2 aliphatic rings. The highest BCUT2D eigenvalue weighted by Gasteiger charge is 2.16. The maximum Gasteiger partial charge on any atom is 0.161 e. The second kappa shape index (κ2) is 5.76. The normalized spacial score (nSPS) is 16.0. The lowest BCUT2D eigenvalue weighted by Crippen LogP contribution is -2.15. The minimum Gasteiger partial charge on any atom is -0.486 e. The fourth-order valence-electron chi connectivity index (χ4n) is 3.02. The standard InChI is InChI=1S/C18H16BrNO2/c19-14-10-15-13(2-1-3-16(15)20-11-14)8-12-4-5-17-18(9-12)22-7-6-21-17/h2,4-5,9-11H,1,3,6-8H2. The van der Waals surface area contributed by atoms with Gasteiger partial charge in [-0.25, -0.2) is 0 Å². The summed E-state index contributed by atoms with van der Waals surface area (Å²) in [6.07, 6.45) is 7.18. The summed E-state index contributed by atoms with van der Waals surface area (Å²) in [5.74, 6) is 1.70. The van der Waals surface area contributed by atoms with Crippen molar-refractivity contribution >= 4 is 21.5 Å². The fraction of sp³-hybridized carbons (Fsp3) is 0.278. The van der Waals surface area contributed by atoms with Crippen LogP contribution in [-0.4, -0.2) is 18.2 Å². The van der Waals surface area contributed by atoms with E-state index in [-0.39, 0.29) is 0 Å². The van der Waals surface area contributed by atoms with Gasteiger partial charge in [-0.15, -0.1) is 0 Å². The molecule has 112 valence electrons. The van der Waals surface area contributed by atoms with Crippen molar-refractivity contribution in [2.45, 2.75) is 19.3 Å². The third-order valence-corrected chi connectivity index (χ3v) is 4.49. The number of halogens is 1. The minimum atomic E-state index is 0.624. The molecule has 2 aromatic rings. The molecule has 4 heteroatoms. The molecular weight excluding hydrogens is 342 g/mol. The molecule has 0 fully saturated rings. The third-order valence-electron chi connectivity index (χ3n) is 4.06. The molecule has 0 unspecified atom stereocenters. The SMILES string of the molecule is Brc1cnc2c(c1)C(Cc1ccc3c(c1)OCCO3)=CCC2. The van der Waals surface area contributed by atoms with Crippen molar-refractivity contribution < 1.29 is 9.47 Å². The summed E-state index contributed by atoms with van der Waals surface area (Å²) in [4.78, 5) is 4.55. The van der Waals surface area contributed by atoms with Crippen LogP contribution in [0.5, 0.6) is 11.5 Å². The van der Waals surface area contributed by atoms with Gasteiger partial charge in [-0.05, 0) is 64.5 Å². The van der Waals surface area contributed by atoms with Crippen LogP contribution in [0.25, 0.3) is 5.57 Å². The van der Waals surface area contributed by atoms with Gasteiger partial charge in [0.1, 0.15) is 13.2 Å². The zero-order chi connectivity index (χ0) is 14.9. The molecule has 0 atom stereocenters. The molecule has 0 saturated carbocycles. The lowest BCUT2D eigenvalue weighted by atomic mass is 9.90. The Morgan fingerprint density at radius 3 is 2.86 bits per heavy atom. The summed E-state index contributed by atoms with van der Waals surface area (Å²) in [5, 5.41) is 0. The number of ether oxygens (including phenoxy) is 2. The Kier molecular flexibility index (Phi) is 3.62. The number of benzene rings is 1. The van der Waals surface area contributed by atoms with E-state index in [1.807, 2.05) is 12.3 Å². The Morgan fingerprint density at radius 2 is 1.95 bits per heavy atom. The molecule has 1 aromatic carbocycles. The number of fused-ring (bicyclic) bond motifs is 2. The zero-order valence-electron chi connectivity index (χ0n) is 12.1.